The molecule has 7 heteroatoms. The third-order valence-electron chi connectivity index (χ3n) is 2.54. The molecule has 0 aliphatic rings. The number of nitrogens with zero attached hydrogens (tertiary/aromatic N) is 1. The van der Waals surface area contributed by atoms with Crippen molar-refractivity contribution in [1.29, 1.82) is 0 Å². The first-order valence-corrected chi connectivity index (χ1v) is 8.25. The number of aliphatic carboxylic acids is 1. The van der Waals surface area contributed by atoms with E-state index in [9.17, 15) is 13.2 Å². The quantitative estimate of drug-likeness (QED) is 0.691. The van der Waals surface area contributed by atoms with Crippen LogP contribution in [0, 0.1) is 0 Å². The number of unbranched alkanes of at least 4 members (excludes halogenated alkanes) is 3. The summed E-state index contributed by atoms with van der Waals surface area (Å²) in [6, 6.07) is 0. The summed E-state index contributed by atoms with van der Waals surface area (Å²) in [6.07, 6.45) is 0.453. The van der Waals surface area contributed by atoms with Crippen molar-refractivity contribution in [2.45, 2.75) is 73.4 Å². The number of aliphatic hydroxyl groups excluding tert-OH is 1. The maximum absolute atomic E-state index is 10.6. The minimum Gasteiger partial charge on any atom is -0.475 e. The summed E-state index contributed by atoms with van der Waals surface area (Å²) >= 11 is 0. The zero-order valence-electron chi connectivity index (χ0n) is 15.5. The minimum absolute atomic E-state index is 0.250. The summed E-state index contributed by atoms with van der Waals surface area (Å²) in [5.74, 6) is -2.76. The molecule has 0 heterocycles. The van der Waals surface area contributed by atoms with E-state index in [-0.39, 0.29) is 6.61 Å². The van der Waals surface area contributed by atoms with Crippen molar-refractivity contribution in [3.63, 3.8) is 0 Å². The van der Waals surface area contributed by atoms with Crippen molar-refractivity contribution < 1.29 is 28.2 Å². The fourth-order valence-electron chi connectivity index (χ4n) is 1.17. The zero-order valence-corrected chi connectivity index (χ0v) is 15.5. The second kappa shape index (κ2) is 23.4. The van der Waals surface area contributed by atoms with Gasteiger partial charge < -0.3 is 15.1 Å². The highest BCUT2D eigenvalue weighted by Crippen LogP contribution is 2.13. The molecule has 0 spiro atoms. The van der Waals surface area contributed by atoms with Crippen molar-refractivity contribution in [3.05, 3.63) is 0 Å². The molecule has 0 rings (SSSR count). The van der Waals surface area contributed by atoms with Crippen molar-refractivity contribution in [2.75, 3.05) is 26.2 Å². The van der Waals surface area contributed by atoms with Crippen LogP contribution in [0.1, 0.15) is 67.2 Å². The number of alkyl halides is 3. The van der Waals surface area contributed by atoms with Gasteiger partial charge in [-0.2, -0.15) is 13.2 Å². The molecule has 0 fully saturated rings. The average Bonchev–Trinajstić information content (AvgIpc) is 2.48. The van der Waals surface area contributed by atoms with E-state index in [0.29, 0.717) is 0 Å². The second-order valence-electron chi connectivity index (χ2n) is 4.45. The number of carbonyl (C=O) groups is 1. The van der Waals surface area contributed by atoms with Crippen LogP contribution in [-0.2, 0) is 4.79 Å². The van der Waals surface area contributed by atoms with Gasteiger partial charge in [0.1, 0.15) is 0 Å². The van der Waals surface area contributed by atoms with Crippen LogP contribution in [0.4, 0.5) is 13.2 Å². The third-order valence-corrected chi connectivity index (χ3v) is 2.54. The van der Waals surface area contributed by atoms with Crippen LogP contribution < -0.4 is 0 Å². The SMILES string of the molecule is CCCCCC.CCN(CC)CC.CCO.O=C(O)C(F)(F)F. The minimum atomic E-state index is -5.08. The lowest BCUT2D eigenvalue weighted by molar-refractivity contribution is -0.192. The molecule has 0 aromatic rings. The van der Waals surface area contributed by atoms with Gasteiger partial charge in [0, 0.05) is 6.61 Å². The Kier molecular flexibility index (Phi) is 30.7. The Bertz CT molecular complexity index is 212. The molecule has 0 aliphatic heterocycles. The van der Waals surface area contributed by atoms with Gasteiger partial charge in [0.25, 0.3) is 0 Å². The number of rotatable bonds is 6. The van der Waals surface area contributed by atoms with Crippen LogP contribution in [0.5, 0.6) is 0 Å². The fraction of sp³-hybridized carbons (Fsp3) is 0.938. The topological polar surface area (TPSA) is 60.8 Å². The van der Waals surface area contributed by atoms with Crippen LogP contribution >= 0.6 is 0 Å². The van der Waals surface area contributed by atoms with E-state index in [1.54, 1.807) is 6.92 Å². The third kappa shape index (κ3) is 38.7. The van der Waals surface area contributed by atoms with Crippen LogP contribution in [0.25, 0.3) is 0 Å². The van der Waals surface area contributed by atoms with Crippen LogP contribution in [0.2, 0.25) is 0 Å². The number of aliphatic hydroxyl groups is 1. The first-order valence-electron chi connectivity index (χ1n) is 8.25. The summed E-state index contributed by atoms with van der Waals surface area (Å²) in [4.78, 5) is 11.3. The lowest BCUT2D eigenvalue weighted by Crippen LogP contribution is -2.21. The molecule has 0 atom stereocenters. The van der Waals surface area contributed by atoms with Gasteiger partial charge in [0.05, 0.1) is 0 Å². The number of carboxylic acid groups (broad SMARTS) is 1. The molecule has 4 nitrogen and oxygen atoms in total. The molecule has 0 aromatic carbocycles. The Morgan fingerprint density at radius 1 is 0.870 bits per heavy atom. The predicted octanol–water partition coefficient (Wildman–Crippen LogP) is 4.57. The highest BCUT2D eigenvalue weighted by molar-refractivity contribution is 5.73. The van der Waals surface area contributed by atoms with Crippen LogP contribution in [0.15, 0.2) is 0 Å². The molecular weight excluding hydrogens is 311 g/mol. The lowest BCUT2D eigenvalue weighted by Gasteiger charge is -2.13. The normalized spacial score (nSPS) is 9.70. The fourth-order valence-corrected chi connectivity index (χ4v) is 1.17. The molecular formula is C16H36F3NO3. The maximum Gasteiger partial charge on any atom is 0.490 e. The van der Waals surface area contributed by atoms with E-state index in [1.807, 2.05) is 0 Å². The van der Waals surface area contributed by atoms with Gasteiger partial charge in [-0.3, -0.25) is 0 Å². The Morgan fingerprint density at radius 2 is 1.09 bits per heavy atom. The smallest absolute Gasteiger partial charge is 0.475 e. The standard InChI is InChI=1S/C6H15N.C6H14.C2HF3O2.C2H6O/c1-4-7(5-2)6-3;1-3-5-6-4-2;3-2(4,5)1(6)7;1-2-3/h4-6H2,1-3H3;3-6H2,1-2H3;(H,6,7);3H,2H2,1H3. The molecule has 0 amide bonds. The summed E-state index contributed by atoms with van der Waals surface area (Å²) in [6.45, 7) is 16.5. The van der Waals surface area contributed by atoms with E-state index in [0.717, 1.165) is 0 Å². The Hall–Kier alpha value is -0.820. The van der Waals surface area contributed by atoms with Crippen molar-refractivity contribution >= 4 is 5.97 Å². The molecule has 0 bridgehead atoms. The molecule has 2 N–H and O–H groups in total. The highest BCUT2D eigenvalue weighted by Gasteiger charge is 2.38. The Labute approximate surface area is 139 Å². The van der Waals surface area contributed by atoms with E-state index < -0.39 is 12.1 Å². The number of hydrogen-bond donors (Lipinski definition) is 2. The molecule has 0 saturated carbocycles. The monoisotopic (exact) mass is 347 g/mol. The molecule has 0 radical (unpaired) electrons. The van der Waals surface area contributed by atoms with E-state index >= 15 is 0 Å². The first-order chi connectivity index (χ1) is 10.6. The van der Waals surface area contributed by atoms with Crippen molar-refractivity contribution in [3.8, 4) is 0 Å². The molecule has 0 saturated heterocycles. The molecule has 0 unspecified atom stereocenters. The van der Waals surface area contributed by atoms with Gasteiger partial charge in [-0.25, -0.2) is 4.79 Å². The van der Waals surface area contributed by atoms with Gasteiger partial charge in [0.2, 0.25) is 0 Å². The van der Waals surface area contributed by atoms with Gasteiger partial charge in [-0.15, -0.1) is 0 Å². The summed E-state index contributed by atoms with van der Waals surface area (Å²) < 4.78 is 31.7. The average molecular weight is 347 g/mol. The van der Waals surface area contributed by atoms with Crippen molar-refractivity contribution in [2.24, 2.45) is 0 Å². The van der Waals surface area contributed by atoms with E-state index in [1.165, 1.54) is 45.3 Å². The predicted molar refractivity (Wildman–Crippen MR) is 89.7 cm³/mol. The van der Waals surface area contributed by atoms with E-state index in [4.69, 9.17) is 15.0 Å². The highest BCUT2D eigenvalue weighted by atomic mass is 19.4. The van der Waals surface area contributed by atoms with Crippen LogP contribution in [-0.4, -0.2) is 53.5 Å². The van der Waals surface area contributed by atoms with Gasteiger partial charge in [-0.05, 0) is 26.6 Å². The molecule has 144 valence electrons. The summed E-state index contributed by atoms with van der Waals surface area (Å²) in [5, 5.41) is 14.7. The van der Waals surface area contributed by atoms with Gasteiger partial charge in [0.15, 0.2) is 0 Å². The first kappa shape index (κ1) is 30.1. The van der Waals surface area contributed by atoms with Gasteiger partial charge >= 0.3 is 12.1 Å². The largest absolute Gasteiger partial charge is 0.490 e. The lowest BCUT2D eigenvalue weighted by atomic mass is 10.2. The summed E-state index contributed by atoms with van der Waals surface area (Å²) in [5.41, 5.74) is 0. The Morgan fingerprint density at radius 3 is 1.13 bits per heavy atom. The Balaban J connectivity index is -0.000000109. The molecule has 23 heavy (non-hydrogen) atoms. The second-order valence-corrected chi connectivity index (χ2v) is 4.45. The number of hydrogen-bond acceptors (Lipinski definition) is 3. The number of halogens is 3. The van der Waals surface area contributed by atoms with Gasteiger partial charge in [-0.1, -0.05) is 60.3 Å². The maximum atomic E-state index is 10.6. The van der Waals surface area contributed by atoms with E-state index in [2.05, 4.69) is 39.5 Å². The van der Waals surface area contributed by atoms with Crippen LogP contribution in [0.3, 0.4) is 0 Å². The summed E-state index contributed by atoms with van der Waals surface area (Å²) in [7, 11) is 0. The van der Waals surface area contributed by atoms with Crippen molar-refractivity contribution in [1.82, 2.24) is 4.90 Å². The molecule has 0 aromatic heterocycles. The number of carboxylic acids is 1. The molecule has 0 aliphatic carbocycles. The zero-order chi connectivity index (χ0) is 19.3.